The fraction of sp³-hybridized carbons (Fsp3) is 0.571. The number of nitrogens with zero attached hydrogens (tertiary/aromatic N) is 2. The van der Waals surface area contributed by atoms with E-state index in [-0.39, 0.29) is 17.7 Å². The summed E-state index contributed by atoms with van der Waals surface area (Å²) in [7, 11) is 0. The first-order valence-electron chi connectivity index (χ1n) is 6.82. The summed E-state index contributed by atoms with van der Waals surface area (Å²) in [4.78, 5) is 28.1. The summed E-state index contributed by atoms with van der Waals surface area (Å²) in [5.74, 6) is 0.754. The van der Waals surface area contributed by atoms with Gasteiger partial charge in [-0.25, -0.2) is 0 Å². The Balaban J connectivity index is 1.73. The smallest absolute Gasteiger partial charge is 0.289 e. The van der Waals surface area contributed by atoms with Gasteiger partial charge >= 0.3 is 0 Å². The van der Waals surface area contributed by atoms with Crippen LogP contribution in [-0.4, -0.2) is 47.8 Å². The molecule has 1 aromatic heterocycles. The summed E-state index contributed by atoms with van der Waals surface area (Å²) in [5, 5.41) is 0. The van der Waals surface area contributed by atoms with E-state index in [2.05, 4.69) is 0 Å². The summed E-state index contributed by atoms with van der Waals surface area (Å²) in [5.41, 5.74) is 0. The second kappa shape index (κ2) is 4.72. The molecule has 1 aromatic rings. The van der Waals surface area contributed by atoms with E-state index in [1.54, 1.807) is 17.0 Å². The van der Waals surface area contributed by atoms with Crippen LogP contribution in [0.3, 0.4) is 0 Å². The zero-order valence-corrected chi connectivity index (χ0v) is 11.0. The van der Waals surface area contributed by atoms with Crippen LogP contribution in [-0.2, 0) is 4.79 Å². The second-order valence-corrected chi connectivity index (χ2v) is 5.26. The van der Waals surface area contributed by atoms with Gasteiger partial charge in [0.2, 0.25) is 5.91 Å². The lowest BCUT2D eigenvalue weighted by Crippen LogP contribution is -2.45. The lowest BCUT2D eigenvalue weighted by Gasteiger charge is -2.32. The Kier molecular flexibility index (Phi) is 3.05. The van der Waals surface area contributed by atoms with Crippen molar-refractivity contribution >= 4 is 11.8 Å². The molecule has 19 heavy (non-hydrogen) atoms. The van der Waals surface area contributed by atoms with Crippen LogP contribution in [0.1, 0.15) is 23.9 Å². The van der Waals surface area contributed by atoms with Gasteiger partial charge in [0, 0.05) is 26.2 Å². The van der Waals surface area contributed by atoms with Crippen LogP contribution in [0, 0.1) is 11.8 Å². The molecular formula is C14H18N2O3. The predicted molar refractivity (Wildman–Crippen MR) is 68.5 cm³/mol. The highest BCUT2D eigenvalue weighted by atomic mass is 16.3. The van der Waals surface area contributed by atoms with Gasteiger partial charge in [-0.05, 0) is 31.4 Å². The first-order valence-corrected chi connectivity index (χ1v) is 6.82. The molecule has 0 radical (unpaired) electrons. The highest BCUT2D eigenvalue weighted by Crippen LogP contribution is 2.32. The van der Waals surface area contributed by atoms with Crippen LogP contribution in [0.5, 0.6) is 0 Å². The van der Waals surface area contributed by atoms with E-state index in [0.29, 0.717) is 24.8 Å². The summed E-state index contributed by atoms with van der Waals surface area (Å²) in [6, 6.07) is 3.38. The van der Waals surface area contributed by atoms with E-state index in [0.717, 1.165) is 19.5 Å². The molecule has 0 N–H and O–H groups in total. The summed E-state index contributed by atoms with van der Waals surface area (Å²) in [6.45, 7) is 4.78. The van der Waals surface area contributed by atoms with Crippen LogP contribution >= 0.6 is 0 Å². The Morgan fingerprint density at radius 2 is 2.32 bits per heavy atom. The molecule has 2 amide bonds. The maximum absolute atomic E-state index is 12.3. The molecule has 2 aliphatic heterocycles. The molecule has 102 valence electrons. The predicted octanol–water partition coefficient (Wildman–Crippen LogP) is 1.22. The number of carbonyl (C=O) groups excluding carboxylic acids is 2. The van der Waals surface area contributed by atoms with Crippen molar-refractivity contribution in [2.24, 2.45) is 11.8 Å². The highest BCUT2D eigenvalue weighted by Gasteiger charge is 2.44. The molecule has 0 aromatic carbocycles. The maximum Gasteiger partial charge on any atom is 0.289 e. The molecule has 0 spiro atoms. The maximum atomic E-state index is 12.3. The molecule has 2 fully saturated rings. The van der Waals surface area contributed by atoms with Crippen molar-refractivity contribution in [2.45, 2.75) is 13.3 Å². The zero-order valence-electron chi connectivity index (χ0n) is 11.0. The van der Waals surface area contributed by atoms with E-state index >= 15 is 0 Å². The number of rotatable bonds is 2. The quantitative estimate of drug-likeness (QED) is 0.805. The Hall–Kier alpha value is -1.78. The molecule has 5 heteroatoms. The number of amides is 2. The Labute approximate surface area is 112 Å². The topological polar surface area (TPSA) is 53.8 Å². The van der Waals surface area contributed by atoms with Crippen molar-refractivity contribution in [1.29, 1.82) is 0 Å². The van der Waals surface area contributed by atoms with Crippen LogP contribution < -0.4 is 0 Å². The Bertz CT molecular complexity index is 483. The van der Waals surface area contributed by atoms with Gasteiger partial charge in [0.25, 0.3) is 5.91 Å². The summed E-state index contributed by atoms with van der Waals surface area (Å²) < 4.78 is 5.14. The van der Waals surface area contributed by atoms with Crippen molar-refractivity contribution in [2.75, 3.05) is 26.2 Å². The van der Waals surface area contributed by atoms with Gasteiger partial charge in [-0.1, -0.05) is 0 Å². The molecule has 0 unspecified atom stereocenters. The third-order valence-electron chi connectivity index (χ3n) is 4.24. The number of likely N-dealkylation sites (tertiary alicyclic amines) is 2. The minimum Gasteiger partial charge on any atom is -0.459 e. The monoisotopic (exact) mass is 262 g/mol. The average Bonchev–Trinajstić information content (AvgIpc) is 3.08. The molecule has 0 aliphatic carbocycles. The number of piperidine rings is 1. The number of hydrogen-bond acceptors (Lipinski definition) is 3. The lowest BCUT2D eigenvalue weighted by atomic mass is 9.88. The van der Waals surface area contributed by atoms with Gasteiger partial charge in [-0.3, -0.25) is 9.59 Å². The molecule has 2 saturated heterocycles. The molecular weight excluding hydrogens is 244 g/mol. The first-order chi connectivity index (χ1) is 9.20. The fourth-order valence-electron chi connectivity index (χ4n) is 3.15. The van der Waals surface area contributed by atoms with E-state index in [1.165, 1.54) is 6.26 Å². The van der Waals surface area contributed by atoms with Crippen molar-refractivity contribution < 1.29 is 14.0 Å². The number of hydrogen-bond donors (Lipinski definition) is 0. The fourth-order valence-corrected chi connectivity index (χ4v) is 3.15. The van der Waals surface area contributed by atoms with Crippen molar-refractivity contribution in [1.82, 2.24) is 9.80 Å². The van der Waals surface area contributed by atoms with E-state index in [4.69, 9.17) is 4.42 Å². The Morgan fingerprint density at radius 1 is 1.47 bits per heavy atom. The molecule has 2 atom stereocenters. The summed E-state index contributed by atoms with van der Waals surface area (Å²) in [6.07, 6.45) is 2.49. The van der Waals surface area contributed by atoms with Gasteiger partial charge in [-0.15, -0.1) is 0 Å². The van der Waals surface area contributed by atoms with E-state index < -0.39 is 0 Å². The normalized spacial score (nSPS) is 26.7. The average molecular weight is 262 g/mol. The van der Waals surface area contributed by atoms with Crippen molar-refractivity contribution in [3.63, 3.8) is 0 Å². The SMILES string of the molecule is CCN1CC[C@H]2CN(C(=O)c3ccco3)C[C@H]2C1=O. The van der Waals surface area contributed by atoms with E-state index in [1.807, 2.05) is 11.8 Å². The Morgan fingerprint density at radius 3 is 3.00 bits per heavy atom. The first kappa shape index (κ1) is 12.3. The zero-order chi connectivity index (χ0) is 13.4. The highest BCUT2D eigenvalue weighted by molar-refractivity contribution is 5.92. The van der Waals surface area contributed by atoms with Crippen LogP contribution in [0.15, 0.2) is 22.8 Å². The van der Waals surface area contributed by atoms with Crippen molar-refractivity contribution in [3.8, 4) is 0 Å². The number of furan rings is 1. The molecule has 5 nitrogen and oxygen atoms in total. The molecule has 2 aliphatic rings. The standard InChI is InChI=1S/C14H18N2O3/c1-2-15-6-5-10-8-16(9-11(10)13(15)17)14(18)12-4-3-7-19-12/h3-4,7,10-11H,2,5-6,8-9H2,1H3/t10-,11+/m0/s1. The third kappa shape index (κ3) is 2.03. The molecule has 3 heterocycles. The third-order valence-corrected chi connectivity index (χ3v) is 4.24. The van der Waals surface area contributed by atoms with Gasteiger partial charge in [-0.2, -0.15) is 0 Å². The number of fused-ring (bicyclic) bond motifs is 1. The molecule has 3 rings (SSSR count). The largest absolute Gasteiger partial charge is 0.459 e. The van der Waals surface area contributed by atoms with Gasteiger partial charge in [0.1, 0.15) is 0 Å². The van der Waals surface area contributed by atoms with Crippen LogP contribution in [0.2, 0.25) is 0 Å². The molecule has 0 bridgehead atoms. The molecule has 0 saturated carbocycles. The minimum atomic E-state index is -0.102. The van der Waals surface area contributed by atoms with Crippen molar-refractivity contribution in [3.05, 3.63) is 24.2 Å². The van der Waals surface area contributed by atoms with Crippen LogP contribution in [0.25, 0.3) is 0 Å². The van der Waals surface area contributed by atoms with E-state index in [9.17, 15) is 9.59 Å². The van der Waals surface area contributed by atoms with Crippen LogP contribution in [0.4, 0.5) is 0 Å². The van der Waals surface area contributed by atoms with Gasteiger partial charge in [0.05, 0.1) is 12.2 Å². The number of carbonyl (C=O) groups is 2. The second-order valence-electron chi connectivity index (χ2n) is 5.26. The van der Waals surface area contributed by atoms with Gasteiger partial charge in [0.15, 0.2) is 5.76 Å². The lowest BCUT2D eigenvalue weighted by molar-refractivity contribution is -0.139. The summed E-state index contributed by atoms with van der Waals surface area (Å²) >= 11 is 0. The van der Waals surface area contributed by atoms with Gasteiger partial charge < -0.3 is 14.2 Å². The minimum absolute atomic E-state index is 0.0207.